The Hall–Kier alpha value is -0.820. The average molecular weight is 296 g/mol. The number of esters is 1. The Morgan fingerprint density at radius 3 is 2.30 bits per heavy atom. The second-order valence-electron chi connectivity index (χ2n) is 5.58. The van der Waals surface area contributed by atoms with Crippen molar-refractivity contribution in [3.05, 3.63) is 0 Å². The lowest BCUT2D eigenvalue weighted by Gasteiger charge is -2.35. The maximum atomic E-state index is 12.3. The van der Waals surface area contributed by atoms with Crippen molar-refractivity contribution in [3.8, 4) is 0 Å². The number of hydrogen-bond acceptors (Lipinski definition) is 4. The Labute approximate surface area is 117 Å². The van der Waals surface area contributed by atoms with Crippen molar-refractivity contribution in [2.45, 2.75) is 44.9 Å². The maximum Gasteiger partial charge on any atom is 0.401 e. The standard InChI is InChI=1S/C13H23F3N2O2/c1-9(2)11(12(19)20-3)17-10-4-6-18(7-5-10)8-13(14,15)16/h9-11,17H,4-8H2,1-3H3. The zero-order valence-corrected chi connectivity index (χ0v) is 12.2. The van der Waals surface area contributed by atoms with E-state index >= 15 is 0 Å². The minimum atomic E-state index is -4.15. The van der Waals surface area contributed by atoms with Gasteiger partial charge < -0.3 is 10.1 Å². The molecule has 1 rings (SSSR count). The fraction of sp³-hybridized carbons (Fsp3) is 0.923. The summed E-state index contributed by atoms with van der Waals surface area (Å²) in [5, 5.41) is 3.21. The van der Waals surface area contributed by atoms with Crippen molar-refractivity contribution >= 4 is 5.97 Å². The molecular formula is C13H23F3N2O2. The van der Waals surface area contributed by atoms with E-state index in [1.54, 1.807) is 0 Å². The molecule has 7 heteroatoms. The first-order valence-electron chi connectivity index (χ1n) is 6.86. The molecule has 0 aromatic heterocycles. The van der Waals surface area contributed by atoms with E-state index in [-0.39, 0.29) is 17.9 Å². The molecule has 4 nitrogen and oxygen atoms in total. The van der Waals surface area contributed by atoms with Gasteiger partial charge in [-0.1, -0.05) is 13.8 Å². The van der Waals surface area contributed by atoms with Crippen LogP contribution in [-0.4, -0.2) is 55.9 Å². The second-order valence-corrected chi connectivity index (χ2v) is 5.58. The summed E-state index contributed by atoms with van der Waals surface area (Å²) in [6.45, 7) is 3.75. The predicted octanol–water partition coefficient (Wildman–Crippen LogP) is 1.80. The number of ether oxygens (including phenoxy) is 1. The third-order valence-electron chi connectivity index (χ3n) is 3.53. The first-order chi connectivity index (χ1) is 9.23. The van der Waals surface area contributed by atoms with E-state index in [9.17, 15) is 18.0 Å². The lowest BCUT2D eigenvalue weighted by Crippen LogP contribution is -2.52. The molecule has 1 fully saturated rings. The van der Waals surface area contributed by atoms with Gasteiger partial charge in [0.25, 0.3) is 0 Å². The van der Waals surface area contributed by atoms with E-state index in [0.717, 1.165) is 0 Å². The van der Waals surface area contributed by atoms with E-state index in [2.05, 4.69) is 5.32 Å². The minimum Gasteiger partial charge on any atom is -0.468 e. The molecule has 0 bridgehead atoms. The number of hydrogen-bond donors (Lipinski definition) is 1. The van der Waals surface area contributed by atoms with Gasteiger partial charge in [0.1, 0.15) is 6.04 Å². The van der Waals surface area contributed by atoms with E-state index in [4.69, 9.17) is 4.74 Å². The zero-order chi connectivity index (χ0) is 15.3. The quantitative estimate of drug-likeness (QED) is 0.786. The normalized spacial score (nSPS) is 20.1. The molecular weight excluding hydrogens is 273 g/mol. The van der Waals surface area contributed by atoms with Crippen LogP contribution in [0.15, 0.2) is 0 Å². The maximum absolute atomic E-state index is 12.3. The highest BCUT2D eigenvalue weighted by molar-refractivity contribution is 5.75. The fourth-order valence-corrected chi connectivity index (χ4v) is 2.42. The summed E-state index contributed by atoms with van der Waals surface area (Å²) in [4.78, 5) is 13.0. The molecule has 1 unspecified atom stereocenters. The number of alkyl halides is 3. The van der Waals surface area contributed by atoms with E-state index in [1.807, 2.05) is 13.8 Å². The summed E-state index contributed by atoms with van der Waals surface area (Å²) in [6, 6.07) is -0.342. The SMILES string of the molecule is COC(=O)C(NC1CCN(CC(F)(F)F)CC1)C(C)C. The molecule has 0 aliphatic carbocycles. The Balaban J connectivity index is 2.43. The van der Waals surface area contributed by atoms with Gasteiger partial charge in [0.2, 0.25) is 0 Å². The molecule has 1 aliphatic rings. The van der Waals surface area contributed by atoms with Gasteiger partial charge in [-0.25, -0.2) is 0 Å². The van der Waals surface area contributed by atoms with E-state index < -0.39 is 18.8 Å². The lowest BCUT2D eigenvalue weighted by molar-refractivity contribution is -0.148. The van der Waals surface area contributed by atoms with Crippen LogP contribution >= 0.6 is 0 Å². The average Bonchev–Trinajstić information content (AvgIpc) is 2.34. The second kappa shape index (κ2) is 7.26. The number of piperidine rings is 1. The molecule has 1 N–H and O–H groups in total. The highest BCUT2D eigenvalue weighted by Gasteiger charge is 2.33. The first-order valence-corrected chi connectivity index (χ1v) is 6.86. The van der Waals surface area contributed by atoms with Crippen molar-refractivity contribution < 1.29 is 22.7 Å². The smallest absolute Gasteiger partial charge is 0.401 e. The van der Waals surface area contributed by atoms with Crippen LogP contribution in [0, 0.1) is 5.92 Å². The van der Waals surface area contributed by atoms with E-state index in [1.165, 1.54) is 12.0 Å². The number of carbonyl (C=O) groups excluding carboxylic acids is 1. The number of methoxy groups -OCH3 is 1. The molecule has 1 atom stereocenters. The molecule has 0 spiro atoms. The summed E-state index contributed by atoms with van der Waals surface area (Å²) in [6.07, 6.45) is -2.93. The van der Waals surface area contributed by atoms with Gasteiger partial charge >= 0.3 is 12.1 Å². The predicted molar refractivity (Wildman–Crippen MR) is 69.3 cm³/mol. The molecule has 20 heavy (non-hydrogen) atoms. The Morgan fingerprint density at radius 2 is 1.90 bits per heavy atom. The number of carbonyl (C=O) groups is 1. The van der Waals surface area contributed by atoms with Crippen LogP contribution < -0.4 is 5.32 Å². The topological polar surface area (TPSA) is 41.6 Å². The number of nitrogens with one attached hydrogen (secondary N) is 1. The zero-order valence-electron chi connectivity index (χ0n) is 12.2. The van der Waals surface area contributed by atoms with Crippen LogP contribution in [0.2, 0.25) is 0 Å². The Morgan fingerprint density at radius 1 is 1.35 bits per heavy atom. The summed E-state index contributed by atoms with van der Waals surface area (Å²) in [5.74, 6) is -0.242. The van der Waals surface area contributed by atoms with Crippen molar-refractivity contribution in [1.82, 2.24) is 10.2 Å². The minimum absolute atomic E-state index is 0.0611. The monoisotopic (exact) mass is 296 g/mol. The highest BCUT2D eigenvalue weighted by Crippen LogP contribution is 2.20. The Kier molecular flexibility index (Phi) is 6.26. The molecule has 0 aromatic rings. The van der Waals surface area contributed by atoms with E-state index in [0.29, 0.717) is 25.9 Å². The van der Waals surface area contributed by atoms with Gasteiger partial charge in [-0.3, -0.25) is 9.69 Å². The summed E-state index contributed by atoms with van der Waals surface area (Å²) >= 11 is 0. The van der Waals surface area contributed by atoms with Crippen LogP contribution in [0.25, 0.3) is 0 Å². The molecule has 0 amide bonds. The van der Waals surface area contributed by atoms with Gasteiger partial charge in [-0.05, 0) is 31.8 Å². The van der Waals surface area contributed by atoms with Crippen molar-refractivity contribution in [2.75, 3.05) is 26.7 Å². The number of likely N-dealkylation sites (tertiary alicyclic amines) is 1. The third-order valence-corrected chi connectivity index (χ3v) is 3.53. The summed E-state index contributed by atoms with van der Waals surface area (Å²) < 4.78 is 41.6. The fourth-order valence-electron chi connectivity index (χ4n) is 2.42. The molecule has 1 heterocycles. The third kappa shape index (κ3) is 5.66. The molecule has 0 radical (unpaired) electrons. The van der Waals surface area contributed by atoms with Crippen LogP contribution in [0.1, 0.15) is 26.7 Å². The molecule has 0 saturated carbocycles. The van der Waals surface area contributed by atoms with Gasteiger partial charge in [-0.15, -0.1) is 0 Å². The lowest BCUT2D eigenvalue weighted by atomic mass is 9.99. The van der Waals surface area contributed by atoms with Crippen molar-refractivity contribution in [2.24, 2.45) is 5.92 Å². The van der Waals surface area contributed by atoms with Gasteiger partial charge in [0, 0.05) is 6.04 Å². The van der Waals surface area contributed by atoms with Gasteiger partial charge in [0.15, 0.2) is 0 Å². The largest absolute Gasteiger partial charge is 0.468 e. The summed E-state index contributed by atoms with van der Waals surface area (Å²) in [5.41, 5.74) is 0. The number of rotatable bonds is 5. The van der Waals surface area contributed by atoms with Crippen molar-refractivity contribution in [1.29, 1.82) is 0 Å². The summed E-state index contributed by atoms with van der Waals surface area (Å²) in [7, 11) is 1.34. The van der Waals surface area contributed by atoms with Crippen LogP contribution in [-0.2, 0) is 9.53 Å². The van der Waals surface area contributed by atoms with Crippen LogP contribution in [0.4, 0.5) is 13.2 Å². The van der Waals surface area contributed by atoms with Crippen LogP contribution in [0.3, 0.4) is 0 Å². The highest BCUT2D eigenvalue weighted by atomic mass is 19.4. The van der Waals surface area contributed by atoms with Crippen LogP contribution in [0.5, 0.6) is 0 Å². The number of halogens is 3. The van der Waals surface area contributed by atoms with Gasteiger partial charge in [-0.2, -0.15) is 13.2 Å². The number of nitrogens with zero attached hydrogens (tertiary/aromatic N) is 1. The molecule has 0 aromatic carbocycles. The van der Waals surface area contributed by atoms with Gasteiger partial charge in [0.05, 0.1) is 13.7 Å². The first kappa shape index (κ1) is 17.2. The molecule has 118 valence electrons. The Bertz CT molecular complexity index is 313. The molecule has 1 saturated heterocycles. The van der Waals surface area contributed by atoms with Crippen molar-refractivity contribution in [3.63, 3.8) is 0 Å². The molecule has 1 aliphatic heterocycles.